The highest BCUT2D eigenvalue weighted by Gasteiger charge is 2.12. The predicted octanol–water partition coefficient (Wildman–Crippen LogP) is 2.26. The SMILES string of the molecule is c1cc(CNc2nncc(N3CCCCCC3)n2)ccn1. The molecule has 2 aromatic rings. The van der Waals surface area contributed by atoms with Gasteiger partial charge in [-0.1, -0.05) is 12.8 Å². The van der Waals surface area contributed by atoms with Crippen LogP contribution in [0.1, 0.15) is 31.2 Å². The van der Waals surface area contributed by atoms with E-state index in [2.05, 4.69) is 30.4 Å². The van der Waals surface area contributed by atoms with Crippen LogP contribution in [-0.2, 0) is 6.54 Å². The Kier molecular flexibility index (Phi) is 4.55. The van der Waals surface area contributed by atoms with Crippen molar-refractivity contribution in [3.63, 3.8) is 0 Å². The summed E-state index contributed by atoms with van der Waals surface area (Å²) in [5, 5.41) is 11.3. The zero-order valence-electron chi connectivity index (χ0n) is 12.1. The summed E-state index contributed by atoms with van der Waals surface area (Å²) in [6.45, 7) is 2.79. The summed E-state index contributed by atoms with van der Waals surface area (Å²) in [6, 6.07) is 3.94. The molecule has 0 amide bonds. The van der Waals surface area contributed by atoms with Gasteiger partial charge in [0.05, 0.1) is 6.20 Å². The number of nitrogens with one attached hydrogen (secondary N) is 1. The Morgan fingerprint density at radius 3 is 2.57 bits per heavy atom. The maximum atomic E-state index is 4.58. The van der Waals surface area contributed by atoms with E-state index in [9.17, 15) is 0 Å². The Hall–Kier alpha value is -2.24. The minimum atomic E-state index is 0.577. The Morgan fingerprint density at radius 1 is 1.05 bits per heavy atom. The van der Waals surface area contributed by atoms with Gasteiger partial charge in [-0.05, 0) is 30.5 Å². The molecule has 0 saturated carbocycles. The van der Waals surface area contributed by atoms with Crippen LogP contribution in [0.5, 0.6) is 0 Å². The van der Waals surface area contributed by atoms with Crippen molar-refractivity contribution in [1.29, 1.82) is 0 Å². The van der Waals surface area contributed by atoms with Crippen molar-refractivity contribution >= 4 is 11.8 Å². The highest BCUT2D eigenvalue weighted by atomic mass is 15.3. The number of pyridine rings is 1. The normalized spacial score (nSPS) is 15.5. The second kappa shape index (κ2) is 6.97. The largest absolute Gasteiger partial charge is 0.355 e. The van der Waals surface area contributed by atoms with Crippen molar-refractivity contribution in [3.05, 3.63) is 36.3 Å². The molecular formula is C15H20N6. The van der Waals surface area contributed by atoms with Gasteiger partial charge in [-0.2, -0.15) is 10.1 Å². The van der Waals surface area contributed by atoms with Gasteiger partial charge in [-0.25, -0.2) is 0 Å². The van der Waals surface area contributed by atoms with Gasteiger partial charge in [0.1, 0.15) is 0 Å². The van der Waals surface area contributed by atoms with Crippen molar-refractivity contribution in [1.82, 2.24) is 20.2 Å². The molecule has 0 aliphatic carbocycles. The first kappa shape index (κ1) is 13.7. The highest BCUT2D eigenvalue weighted by Crippen LogP contribution is 2.17. The van der Waals surface area contributed by atoms with Crippen molar-refractivity contribution in [2.45, 2.75) is 32.2 Å². The van der Waals surface area contributed by atoms with E-state index in [-0.39, 0.29) is 0 Å². The third-order valence-corrected chi connectivity index (χ3v) is 3.68. The predicted molar refractivity (Wildman–Crippen MR) is 82.1 cm³/mol. The fourth-order valence-electron chi connectivity index (χ4n) is 2.50. The smallest absolute Gasteiger partial charge is 0.244 e. The van der Waals surface area contributed by atoms with E-state index in [1.807, 2.05) is 12.1 Å². The molecule has 3 heterocycles. The van der Waals surface area contributed by atoms with E-state index in [0.717, 1.165) is 24.5 Å². The fourth-order valence-corrected chi connectivity index (χ4v) is 2.50. The summed E-state index contributed by atoms with van der Waals surface area (Å²) < 4.78 is 0. The molecule has 1 aliphatic heterocycles. The minimum absolute atomic E-state index is 0.577. The Labute approximate surface area is 124 Å². The monoisotopic (exact) mass is 284 g/mol. The standard InChI is InChI=1S/C15H20N6/c1-2-4-10-21(9-3-1)14-12-18-20-15(19-14)17-11-13-5-7-16-8-6-13/h5-8,12H,1-4,9-11H2,(H,17,19,20). The lowest BCUT2D eigenvalue weighted by Gasteiger charge is -2.20. The number of anilines is 2. The van der Waals surface area contributed by atoms with E-state index in [1.165, 1.54) is 25.7 Å². The van der Waals surface area contributed by atoms with Crippen LogP contribution in [0.15, 0.2) is 30.7 Å². The lowest BCUT2D eigenvalue weighted by Crippen LogP contribution is -2.25. The average Bonchev–Trinajstić information content (AvgIpc) is 2.83. The van der Waals surface area contributed by atoms with Crippen LogP contribution in [0.4, 0.5) is 11.8 Å². The number of aromatic nitrogens is 4. The first-order valence-electron chi connectivity index (χ1n) is 7.49. The molecule has 0 unspecified atom stereocenters. The molecular weight excluding hydrogens is 264 g/mol. The molecule has 0 spiro atoms. The summed E-state index contributed by atoms with van der Waals surface area (Å²) in [6.07, 6.45) is 10.4. The molecule has 1 aliphatic rings. The molecule has 3 rings (SSSR count). The summed E-state index contributed by atoms with van der Waals surface area (Å²) in [7, 11) is 0. The van der Waals surface area contributed by atoms with Crippen molar-refractivity contribution in [3.8, 4) is 0 Å². The Balaban J connectivity index is 1.65. The van der Waals surface area contributed by atoms with Crippen LogP contribution in [0.25, 0.3) is 0 Å². The van der Waals surface area contributed by atoms with Crippen LogP contribution in [0, 0.1) is 0 Å². The minimum Gasteiger partial charge on any atom is -0.355 e. The van der Waals surface area contributed by atoms with Gasteiger partial charge in [0, 0.05) is 32.0 Å². The molecule has 0 aromatic carbocycles. The molecule has 1 N–H and O–H groups in total. The van der Waals surface area contributed by atoms with E-state index in [1.54, 1.807) is 18.6 Å². The van der Waals surface area contributed by atoms with E-state index >= 15 is 0 Å². The highest BCUT2D eigenvalue weighted by molar-refractivity contribution is 5.40. The Bertz CT molecular complexity index is 551. The van der Waals surface area contributed by atoms with Gasteiger partial charge in [-0.3, -0.25) is 4.98 Å². The first-order chi connectivity index (χ1) is 10.4. The average molecular weight is 284 g/mol. The summed E-state index contributed by atoms with van der Waals surface area (Å²) in [5.41, 5.74) is 1.15. The van der Waals surface area contributed by atoms with E-state index < -0.39 is 0 Å². The van der Waals surface area contributed by atoms with Gasteiger partial charge in [0.25, 0.3) is 0 Å². The van der Waals surface area contributed by atoms with E-state index in [4.69, 9.17) is 0 Å². The third kappa shape index (κ3) is 3.87. The van der Waals surface area contributed by atoms with E-state index in [0.29, 0.717) is 12.5 Å². The topological polar surface area (TPSA) is 66.8 Å². The number of rotatable bonds is 4. The molecule has 2 aromatic heterocycles. The molecule has 1 saturated heterocycles. The molecule has 0 bridgehead atoms. The van der Waals surface area contributed by atoms with Gasteiger partial charge >= 0.3 is 0 Å². The lowest BCUT2D eigenvalue weighted by atomic mass is 10.2. The van der Waals surface area contributed by atoms with Crippen LogP contribution in [0.3, 0.4) is 0 Å². The van der Waals surface area contributed by atoms with Crippen LogP contribution < -0.4 is 10.2 Å². The Morgan fingerprint density at radius 2 is 1.81 bits per heavy atom. The van der Waals surface area contributed by atoms with Gasteiger partial charge in [0.2, 0.25) is 5.95 Å². The molecule has 1 fully saturated rings. The summed E-state index contributed by atoms with van der Waals surface area (Å²) >= 11 is 0. The quantitative estimate of drug-likeness (QED) is 0.929. The first-order valence-corrected chi connectivity index (χ1v) is 7.49. The van der Waals surface area contributed by atoms with Gasteiger partial charge in [0.15, 0.2) is 5.82 Å². The number of hydrogen-bond acceptors (Lipinski definition) is 6. The van der Waals surface area contributed by atoms with Crippen LogP contribution in [0.2, 0.25) is 0 Å². The van der Waals surface area contributed by atoms with Crippen molar-refractivity contribution in [2.75, 3.05) is 23.3 Å². The molecule has 0 radical (unpaired) electrons. The maximum absolute atomic E-state index is 4.58. The molecule has 0 atom stereocenters. The van der Waals surface area contributed by atoms with Gasteiger partial charge in [-0.15, -0.1) is 5.10 Å². The fraction of sp³-hybridized carbons (Fsp3) is 0.467. The number of nitrogens with zero attached hydrogens (tertiary/aromatic N) is 5. The molecule has 6 heteroatoms. The maximum Gasteiger partial charge on any atom is 0.244 e. The number of hydrogen-bond donors (Lipinski definition) is 1. The summed E-state index contributed by atoms with van der Waals surface area (Å²) in [5.74, 6) is 1.50. The zero-order valence-corrected chi connectivity index (χ0v) is 12.1. The molecule has 21 heavy (non-hydrogen) atoms. The van der Waals surface area contributed by atoms with Crippen LogP contribution >= 0.6 is 0 Å². The second-order valence-electron chi connectivity index (χ2n) is 5.25. The van der Waals surface area contributed by atoms with Gasteiger partial charge < -0.3 is 10.2 Å². The van der Waals surface area contributed by atoms with Crippen molar-refractivity contribution < 1.29 is 0 Å². The second-order valence-corrected chi connectivity index (χ2v) is 5.25. The lowest BCUT2D eigenvalue weighted by molar-refractivity contribution is 0.726. The molecule has 110 valence electrons. The van der Waals surface area contributed by atoms with Crippen molar-refractivity contribution in [2.24, 2.45) is 0 Å². The van der Waals surface area contributed by atoms with Crippen LogP contribution in [-0.4, -0.2) is 33.3 Å². The summed E-state index contributed by atoms with van der Waals surface area (Å²) in [4.78, 5) is 10.9. The third-order valence-electron chi connectivity index (χ3n) is 3.68. The molecule has 6 nitrogen and oxygen atoms in total. The zero-order chi connectivity index (χ0) is 14.3.